The maximum atomic E-state index is 14.7. The molecule has 1 atom stereocenters. The normalized spacial score (nSPS) is 18.3. The van der Waals surface area contributed by atoms with E-state index in [-0.39, 0.29) is 37.1 Å². The summed E-state index contributed by atoms with van der Waals surface area (Å²) in [5.74, 6) is -5.21. The highest BCUT2D eigenvalue weighted by molar-refractivity contribution is 5.97. The van der Waals surface area contributed by atoms with Crippen molar-refractivity contribution < 1.29 is 54.7 Å². The zero-order valence-electron chi connectivity index (χ0n) is 21.9. The molecule has 0 spiro atoms. The van der Waals surface area contributed by atoms with E-state index in [1.807, 2.05) is 0 Å². The monoisotopic (exact) mass is 608 g/mol. The van der Waals surface area contributed by atoms with Gasteiger partial charge in [0, 0.05) is 26.1 Å². The van der Waals surface area contributed by atoms with Crippen LogP contribution in [0.25, 0.3) is 0 Å². The van der Waals surface area contributed by atoms with Crippen molar-refractivity contribution in [2.45, 2.75) is 44.6 Å². The predicted molar refractivity (Wildman–Crippen MR) is 127 cm³/mol. The minimum Gasteiger partial charge on any atom is -0.379 e. The topological polar surface area (TPSA) is 111 Å². The van der Waals surface area contributed by atoms with Gasteiger partial charge in [-0.25, -0.2) is 9.18 Å². The largest absolute Gasteiger partial charge is 0.493 e. The fourth-order valence-electron chi connectivity index (χ4n) is 4.75. The van der Waals surface area contributed by atoms with Gasteiger partial charge in [-0.1, -0.05) is 6.07 Å². The van der Waals surface area contributed by atoms with Crippen LogP contribution in [0.3, 0.4) is 0 Å². The van der Waals surface area contributed by atoms with Crippen LogP contribution < -0.4 is 10.4 Å². The fraction of sp³-hybridized carbons (Fsp3) is 0.480. The molecule has 0 radical (unpaired) electrons. The molecule has 1 aromatic heterocycles. The van der Waals surface area contributed by atoms with Gasteiger partial charge in [-0.15, -0.1) is 5.10 Å². The Morgan fingerprint density at radius 2 is 1.83 bits per heavy atom. The highest BCUT2D eigenvalue weighted by atomic mass is 19.4. The number of carbonyl (C=O) groups is 3. The predicted octanol–water partition coefficient (Wildman–Crippen LogP) is 2.28. The van der Waals surface area contributed by atoms with E-state index in [0.717, 1.165) is 42.9 Å². The van der Waals surface area contributed by atoms with Gasteiger partial charge in [0.05, 0.1) is 23.9 Å². The average molecular weight is 608 g/mol. The van der Waals surface area contributed by atoms with Crippen LogP contribution in [0.15, 0.2) is 23.0 Å². The van der Waals surface area contributed by atoms with E-state index in [2.05, 4.69) is 9.94 Å². The number of carbonyl (C=O) groups excluding carboxylic acids is 3. The zero-order valence-corrected chi connectivity index (χ0v) is 21.9. The molecule has 2 aliphatic rings. The molecule has 0 aliphatic carbocycles. The highest BCUT2D eigenvalue weighted by Gasteiger charge is 2.44. The summed E-state index contributed by atoms with van der Waals surface area (Å²) in [4.78, 5) is 55.1. The number of ether oxygens (including phenoxy) is 1. The number of amides is 2. The summed E-state index contributed by atoms with van der Waals surface area (Å²) in [7, 11) is 0. The number of benzene rings is 1. The molecule has 17 heteroatoms. The molecular formula is C25H23F7N4O6. The van der Waals surface area contributed by atoms with Gasteiger partial charge in [0.2, 0.25) is 5.91 Å². The number of alkyl halides is 6. The maximum Gasteiger partial charge on any atom is 0.493 e. The second-order valence-corrected chi connectivity index (χ2v) is 9.67. The number of hydrogen-bond acceptors (Lipinski definition) is 7. The van der Waals surface area contributed by atoms with E-state index in [9.17, 15) is 49.9 Å². The van der Waals surface area contributed by atoms with Gasteiger partial charge in [0.25, 0.3) is 5.91 Å². The summed E-state index contributed by atoms with van der Waals surface area (Å²) in [6.07, 6.45) is -10.1. The van der Waals surface area contributed by atoms with Crippen molar-refractivity contribution in [3.8, 4) is 0 Å². The lowest BCUT2D eigenvalue weighted by Gasteiger charge is -2.40. The third-order valence-corrected chi connectivity index (χ3v) is 6.85. The van der Waals surface area contributed by atoms with Crippen LogP contribution in [0.5, 0.6) is 0 Å². The molecule has 0 N–H and O–H groups in total. The average Bonchev–Trinajstić information content (AvgIpc) is 2.91. The van der Waals surface area contributed by atoms with Crippen molar-refractivity contribution in [1.82, 2.24) is 19.7 Å². The molecule has 0 bridgehead atoms. The van der Waals surface area contributed by atoms with E-state index in [0.29, 0.717) is 13.2 Å². The van der Waals surface area contributed by atoms with Gasteiger partial charge < -0.3 is 19.4 Å². The molecule has 1 unspecified atom stereocenters. The first kappa shape index (κ1) is 30.9. The van der Waals surface area contributed by atoms with Crippen LogP contribution >= 0.6 is 0 Å². The first-order chi connectivity index (χ1) is 19.6. The van der Waals surface area contributed by atoms with Gasteiger partial charge in [-0.05, 0) is 47.9 Å². The van der Waals surface area contributed by atoms with Crippen molar-refractivity contribution >= 4 is 17.8 Å². The third kappa shape index (κ3) is 6.55. The lowest BCUT2D eigenvalue weighted by Crippen LogP contribution is -2.57. The van der Waals surface area contributed by atoms with E-state index < -0.39 is 69.3 Å². The zero-order chi connectivity index (χ0) is 31.0. The molecule has 42 heavy (non-hydrogen) atoms. The lowest BCUT2D eigenvalue weighted by atomic mass is 10.0. The first-order valence-electron chi connectivity index (χ1n) is 12.5. The summed E-state index contributed by atoms with van der Waals surface area (Å²) < 4.78 is 99.0. The molecular weight excluding hydrogens is 585 g/mol. The standard InChI is InChI=1S/C25H23F7N4O6/c1-13-18(33-36(42-23(40)25(30,31)32)22(39)20(13)24(27,28)29)10-14-4-5-17(26)16(9-14)21(38)34-6-7-35(19(37)11-34)15-3-2-8-41-12-15/h4-5,9,15H,2-3,6-8,10-12H2,1H3. The van der Waals surface area contributed by atoms with Gasteiger partial charge in [0.1, 0.15) is 17.9 Å². The molecule has 1 aromatic carbocycles. The molecule has 2 aliphatic heterocycles. The van der Waals surface area contributed by atoms with E-state index in [4.69, 9.17) is 4.74 Å². The third-order valence-electron chi connectivity index (χ3n) is 6.85. The molecule has 2 aromatic rings. The van der Waals surface area contributed by atoms with Crippen molar-refractivity contribution in [2.24, 2.45) is 0 Å². The van der Waals surface area contributed by atoms with Crippen LogP contribution in [0.2, 0.25) is 0 Å². The number of piperazine rings is 1. The van der Waals surface area contributed by atoms with Crippen LogP contribution in [0.4, 0.5) is 30.7 Å². The van der Waals surface area contributed by atoms with Gasteiger partial charge in [-0.2, -0.15) is 26.3 Å². The molecule has 4 rings (SSSR count). The second kappa shape index (κ2) is 11.7. The molecule has 2 amide bonds. The minimum absolute atomic E-state index is 0.0138. The molecule has 10 nitrogen and oxygen atoms in total. The number of halogens is 7. The smallest absolute Gasteiger partial charge is 0.379 e. The van der Waals surface area contributed by atoms with Crippen molar-refractivity contribution in [2.75, 3.05) is 32.8 Å². The Labute approximate surface area is 232 Å². The summed E-state index contributed by atoms with van der Waals surface area (Å²) in [5.41, 5.74) is -6.03. The Bertz CT molecular complexity index is 1450. The Hall–Kier alpha value is -4.02. The highest BCUT2D eigenvalue weighted by Crippen LogP contribution is 2.31. The summed E-state index contributed by atoms with van der Waals surface area (Å²) >= 11 is 0. The van der Waals surface area contributed by atoms with Crippen molar-refractivity contribution in [3.05, 3.63) is 62.3 Å². The van der Waals surface area contributed by atoms with Crippen LogP contribution in [0.1, 0.15) is 45.6 Å². The van der Waals surface area contributed by atoms with Crippen LogP contribution in [0, 0.1) is 12.7 Å². The number of aromatic nitrogens is 2. The second-order valence-electron chi connectivity index (χ2n) is 9.67. The Morgan fingerprint density at radius 1 is 1.12 bits per heavy atom. The van der Waals surface area contributed by atoms with Crippen LogP contribution in [-0.2, 0) is 26.9 Å². The molecule has 3 heterocycles. The number of hydrogen-bond donors (Lipinski definition) is 0. The minimum atomic E-state index is -5.65. The van der Waals surface area contributed by atoms with Crippen LogP contribution in [-0.4, -0.2) is 82.6 Å². The molecule has 2 fully saturated rings. The molecule has 228 valence electrons. The summed E-state index contributed by atoms with van der Waals surface area (Å²) in [6.45, 7) is 1.70. The van der Waals surface area contributed by atoms with Crippen molar-refractivity contribution in [3.63, 3.8) is 0 Å². The Morgan fingerprint density at radius 3 is 2.43 bits per heavy atom. The molecule has 0 saturated carbocycles. The van der Waals surface area contributed by atoms with Gasteiger partial charge in [0.15, 0.2) is 0 Å². The quantitative estimate of drug-likeness (QED) is 0.479. The molecule has 2 saturated heterocycles. The van der Waals surface area contributed by atoms with E-state index >= 15 is 0 Å². The number of nitrogens with zero attached hydrogens (tertiary/aromatic N) is 4. The maximum absolute atomic E-state index is 14.7. The Balaban J connectivity index is 1.60. The van der Waals surface area contributed by atoms with E-state index in [1.165, 1.54) is 0 Å². The fourth-order valence-corrected chi connectivity index (χ4v) is 4.75. The number of rotatable bonds is 5. The summed E-state index contributed by atoms with van der Waals surface area (Å²) in [5, 5.41) is 3.36. The van der Waals surface area contributed by atoms with Gasteiger partial charge in [-0.3, -0.25) is 14.4 Å². The summed E-state index contributed by atoms with van der Waals surface area (Å²) in [6, 6.07) is 2.79. The Kier molecular flexibility index (Phi) is 8.61. The van der Waals surface area contributed by atoms with Gasteiger partial charge >= 0.3 is 23.9 Å². The van der Waals surface area contributed by atoms with E-state index in [1.54, 1.807) is 4.90 Å². The SMILES string of the molecule is Cc1c(Cc2ccc(F)c(C(=O)N3CCN(C4CCCOC4)C(=O)C3)c2)nn(OC(=O)C(F)(F)F)c(=O)c1C(F)(F)F. The lowest BCUT2D eigenvalue weighted by molar-refractivity contribution is -0.202. The first-order valence-corrected chi connectivity index (χ1v) is 12.5. The van der Waals surface area contributed by atoms with Crippen molar-refractivity contribution in [1.29, 1.82) is 0 Å².